The molecule has 0 amide bonds. The Labute approximate surface area is 174 Å². The van der Waals surface area contributed by atoms with Gasteiger partial charge in [-0.2, -0.15) is 0 Å². The van der Waals surface area contributed by atoms with Crippen molar-refractivity contribution in [2.75, 3.05) is 19.0 Å². The van der Waals surface area contributed by atoms with Gasteiger partial charge < -0.3 is 15.2 Å². The lowest BCUT2D eigenvalue weighted by Crippen LogP contribution is -2.05. The van der Waals surface area contributed by atoms with Gasteiger partial charge in [0.25, 0.3) is 0 Å². The van der Waals surface area contributed by atoms with Crippen LogP contribution in [0.4, 0.5) is 5.69 Å². The van der Waals surface area contributed by atoms with Crippen LogP contribution >= 0.6 is 0 Å². The number of allylic oxidation sites excluding steroid dienone is 1. The third kappa shape index (κ3) is 5.41. The highest BCUT2D eigenvalue weighted by Crippen LogP contribution is 2.43. The maximum absolute atomic E-state index is 12.7. The van der Waals surface area contributed by atoms with Crippen LogP contribution in [0.25, 0.3) is 6.08 Å². The molecule has 0 aromatic heterocycles. The number of anilines is 1. The minimum absolute atomic E-state index is 0.0700. The van der Waals surface area contributed by atoms with E-state index in [9.17, 15) is 9.90 Å². The number of phenols is 1. The number of carbonyl (C=O) groups excluding carboxylic acids is 1. The molecule has 0 aliphatic carbocycles. The Morgan fingerprint density at radius 3 is 2.31 bits per heavy atom. The Balaban J connectivity index is 2.50. The minimum Gasteiger partial charge on any atom is -0.507 e. The van der Waals surface area contributed by atoms with E-state index >= 15 is 0 Å². The zero-order chi connectivity index (χ0) is 21.6. The smallest absolute Gasteiger partial charge is 0.185 e. The van der Waals surface area contributed by atoms with Crippen LogP contribution in [0.2, 0.25) is 0 Å². The molecule has 0 saturated heterocycles. The van der Waals surface area contributed by atoms with Crippen molar-refractivity contribution in [3.63, 3.8) is 0 Å². The molecule has 4 heteroatoms. The van der Waals surface area contributed by atoms with E-state index in [4.69, 9.17) is 4.74 Å². The number of aromatic hydroxyl groups is 1. The van der Waals surface area contributed by atoms with Gasteiger partial charge in [0.15, 0.2) is 5.78 Å². The molecule has 0 fully saturated rings. The summed E-state index contributed by atoms with van der Waals surface area (Å²) >= 11 is 0. The summed E-state index contributed by atoms with van der Waals surface area (Å²) in [4.78, 5) is 12.7. The van der Waals surface area contributed by atoms with Crippen molar-refractivity contribution < 1.29 is 14.6 Å². The normalized spacial score (nSPS) is 11.4. The minimum atomic E-state index is -0.0700. The molecule has 2 aromatic carbocycles. The van der Waals surface area contributed by atoms with Crippen molar-refractivity contribution in [2.45, 2.75) is 52.9 Å². The summed E-state index contributed by atoms with van der Waals surface area (Å²) in [5.74, 6) is 1.15. The Bertz CT molecular complexity index is 865. The number of ether oxygens (including phenoxy) is 1. The highest BCUT2D eigenvalue weighted by atomic mass is 16.5. The van der Waals surface area contributed by atoms with Gasteiger partial charge in [-0.05, 0) is 66.3 Å². The predicted molar refractivity (Wildman–Crippen MR) is 121 cm³/mol. The second kappa shape index (κ2) is 10.1. The molecule has 0 atom stereocenters. The van der Waals surface area contributed by atoms with Gasteiger partial charge in [0.2, 0.25) is 0 Å². The summed E-state index contributed by atoms with van der Waals surface area (Å²) in [5.41, 5.74) is 4.08. The SMILES string of the molecule is CCCOc1c(C=CC(=O)c2ccc(NC)cc2)cc(C(C)C)c(O)c1C(C)C. The van der Waals surface area contributed by atoms with Crippen LogP contribution in [0.3, 0.4) is 0 Å². The highest BCUT2D eigenvalue weighted by Gasteiger charge is 2.22. The summed E-state index contributed by atoms with van der Waals surface area (Å²) in [6.07, 6.45) is 4.24. The van der Waals surface area contributed by atoms with E-state index in [-0.39, 0.29) is 17.6 Å². The zero-order valence-electron chi connectivity index (χ0n) is 18.4. The molecule has 0 saturated carbocycles. The lowest BCUT2D eigenvalue weighted by molar-refractivity contribution is 0.104. The van der Waals surface area contributed by atoms with E-state index in [1.165, 1.54) is 0 Å². The molecular formula is C25H33NO3. The molecule has 156 valence electrons. The molecule has 2 rings (SSSR count). The Morgan fingerprint density at radius 2 is 1.79 bits per heavy atom. The van der Waals surface area contributed by atoms with Crippen LogP contribution in [0.1, 0.15) is 79.9 Å². The van der Waals surface area contributed by atoms with Crippen LogP contribution in [-0.2, 0) is 0 Å². The third-order valence-electron chi connectivity index (χ3n) is 4.87. The molecule has 2 aromatic rings. The summed E-state index contributed by atoms with van der Waals surface area (Å²) in [7, 11) is 1.85. The number of ketones is 1. The molecule has 29 heavy (non-hydrogen) atoms. The first-order valence-electron chi connectivity index (χ1n) is 10.3. The number of nitrogens with one attached hydrogen (secondary N) is 1. The van der Waals surface area contributed by atoms with Gasteiger partial charge in [0.1, 0.15) is 11.5 Å². The van der Waals surface area contributed by atoms with E-state index < -0.39 is 0 Å². The molecule has 0 radical (unpaired) electrons. The second-order valence-corrected chi connectivity index (χ2v) is 7.83. The fourth-order valence-electron chi connectivity index (χ4n) is 3.25. The van der Waals surface area contributed by atoms with Gasteiger partial charge in [-0.3, -0.25) is 4.79 Å². The summed E-state index contributed by atoms with van der Waals surface area (Å²) in [5, 5.41) is 13.9. The molecule has 4 nitrogen and oxygen atoms in total. The summed E-state index contributed by atoms with van der Waals surface area (Å²) in [6.45, 7) is 10.8. The average Bonchev–Trinajstić information content (AvgIpc) is 2.70. The number of benzene rings is 2. The fourth-order valence-corrected chi connectivity index (χ4v) is 3.25. The molecule has 0 heterocycles. The van der Waals surface area contributed by atoms with Crippen LogP contribution in [0, 0.1) is 0 Å². The molecule has 2 N–H and O–H groups in total. The second-order valence-electron chi connectivity index (χ2n) is 7.83. The number of rotatable bonds is 9. The van der Waals surface area contributed by atoms with Crippen LogP contribution in [0.5, 0.6) is 11.5 Å². The molecular weight excluding hydrogens is 362 g/mol. The Hall–Kier alpha value is -2.75. The summed E-state index contributed by atoms with van der Waals surface area (Å²) < 4.78 is 6.03. The van der Waals surface area contributed by atoms with E-state index in [1.807, 2.05) is 72.0 Å². The maximum Gasteiger partial charge on any atom is 0.185 e. The van der Waals surface area contributed by atoms with Crippen molar-refractivity contribution in [1.29, 1.82) is 0 Å². The molecule has 0 aliphatic rings. The largest absolute Gasteiger partial charge is 0.507 e. The molecule has 0 aliphatic heterocycles. The lowest BCUT2D eigenvalue weighted by Gasteiger charge is -2.22. The standard InChI is InChI=1S/C25H33NO3/c1-7-14-29-25-19(15-21(16(2)3)24(28)23(25)17(4)5)10-13-22(27)18-8-11-20(26-6)12-9-18/h8-13,15-17,26,28H,7,14H2,1-6H3. The maximum atomic E-state index is 12.7. The van der Waals surface area contributed by atoms with Gasteiger partial charge in [0.05, 0.1) is 6.61 Å². The number of phenolic OH excluding ortho intramolecular Hbond substituents is 1. The van der Waals surface area contributed by atoms with Gasteiger partial charge >= 0.3 is 0 Å². The van der Waals surface area contributed by atoms with Crippen molar-refractivity contribution in [3.8, 4) is 11.5 Å². The van der Waals surface area contributed by atoms with Crippen molar-refractivity contribution in [2.24, 2.45) is 0 Å². The van der Waals surface area contributed by atoms with Crippen LogP contribution < -0.4 is 10.1 Å². The van der Waals surface area contributed by atoms with Gasteiger partial charge in [-0.25, -0.2) is 0 Å². The first-order valence-corrected chi connectivity index (χ1v) is 10.3. The van der Waals surface area contributed by atoms with E-state index in [2.05, 4.69) is 5.32 Å². The molecule has 0 spiro atoms. The monoisotopic (exact) mass is 395 g/mol. The quantitative estimate of drug-likeness (QED) is 0.383. The fraction of sp³-hybridized carbons (Fsp3) is 0.400. The third-order valence-corrected chi connectivity index (χ3v) is 4.87. The topological polar surface area (TPSA) is 58.6 Å². The van der Waals surface area contributed by atoms with Crippen LogP contribution in [-0.4, -0.2) is 24.5 Å². The first-order chi connectivity index (χ1) is 13.8. The van der Waals surface area contributed by atoms with E-state index in [0.717, 1.165) is 28.8 Å². The predicted octanol–water partition coefficient (Wildman–Crippen LogP) is 6.37. The Kier molecular flexibility index (Phi) is 7.89. The number of hydrogen-bond acceptors (Lipinski definition) is 4. The van der Waals surface area contributed by atoms with Crippen LogP contribution in [0.15, 0.2) is 36.4 Å². The number of hydrogen-bond donors (Lipinski definition) is 2. The van der Waals surface area contributed by atoms with Crippen molar-refractivity contribution in [3.05, 3.63) is 58.7 Å². The molecule has 0 bridgehead atoms. The zero-order valence-corrected chi connectivity index (χ0v) is 18.4. The Morgan fingerprint density at radius 1 is 1.14 bits per heavy atom. The first kappa shape index (κ1) is 22.5. The van der Waals surface area contributed by atoms with Gasteiger partial charge in [-0.15, -0.1) is 0 Å². The summed E-state index contributed by atoms with van der Waals surface area (Å²) in [6, 6.07) is 9.31. The number of carbonyl (C=O) groups is 1. The lowest BCUT2D eigenvalue weighted by atomic mass is 9.90. The van der Waals surface area contributed by atoms with E-state index in [1.54, 1.807) is 12.2 Å². The van der Waals surface area contributed by atoms with E-state index in [0.29, 0.717) is 23.7 Å². The van der Waals surface area contributed by atoms with Crippen molar-refractivity contribution in [1.82, 2.24) is 0 Å². The van der Waals surface area contributed by atoms with Gasteiger partial charge in [-0.1, -0.05) is 34.6 Å². The molecule has 0 unspecified atom stereocenters. The average molecular weight is 396 g/mol. The van der Waals surface area contributed by atoms with Crippen molar-refractivity contribution >= 4 is 17.5 Å². The van der Waals surface area contributed by atoms with Gasteiger partial charge in [0, 0.05) is 29.4 Å². The highest BCUT2D eigenvalue weighted by molar-refractivity contribution is 6.07.